The number of oxime groups is 1. The van der Waals surface area contributed by atoms with Crippen molar-refractivity contribution in [1.82, 2.24) is 0 Å². The van der Waals surface area contributed by atoms with Crippen LogP contribution in [0.5, 0.6) is 0 Å². The van der Waals surface area contributed by atoms with Crippen LogP contribution in [-0.2, 0) is 4.84 Å². The highest BCUT2D eigenvalue weighted by Gasteiger charge is 2.36. The molecule has 0 aromatic carbocycles. The van der Waals surface area contributed by atoms with Gasteiger partial charge < -0.3 is 9.25 Å². The number of rotatable bonds is 3. The standard InChI is InChI=1S/C10H13NO2/c1-7-5-9(7)10-4-3-8(13-10)6-11-12-2/h3-4,6-7,9H,5H2,1-2H3/b11-6+. The van der Waals surface area contributed by atoms with Crippen molar-refractivity contribution >= 4 is 6.21 Å². The maximum Gasteiger partial charge on any atom is 0.148 e. The molecule has 0 spiro atoms. The molecule has 0 aliphatic heterocycles. The highest BCUT2D eigenvalue weighted by Crippen LogP contribution is 2.47. The summed E-state index contributed by atoms with van der Waals surface area (Å²) in [6, 6.07) is 3.94. The Bertz CT molecular complexity index is 316. The molecule has 0 saturated heterocycles. The van der Waals surface area contributed by atoms with Crippen molar-refractivity contribution in [2.24, 2.45) is 11.1 Å². The van der Waals surface area contributed by atoms with E-state index in [1.54, 1.807) is 6.21 Å². The minimum Gasteiger partial charge on any atom is -0.460 e. The van der Waals surface area contributed by atoms with Crippen LogP contribution in [0.15, 0.2) is 21.7 Å². The fraction of sp³-hybridized carbons (Fsp3) is 0.500. The van der Waals surface area contributed by atoms with Crippen LogP contribution < -0.4 is 0 Å². The van der Waals surface area contributed by atoms with Gasteiger partial charge in [-0.1, -0.05) is 12.1 Å². The van der Waals surface area contributed by atoms with Crippen LogP contribution in [0.2, 0.25) is 0 Å². The molecule has 2 unspecified atom stereocenters. The Labute approximate surface area is 77.4 Å². The number of furan rings is 1. The maximum absolute atomic E-state index is 5.55. The second-order valence-corrected chi connectivity index (χ2v) is 3.48. The molecular weight excluding hydrogens is 166 g/mol. The van der Waals surface area contributed by atoms with Crippen molar-refractivity contribution in [1.29, 1.82) is 0 Å². The van der Waals surface area contributed by atoms with E-state index in [0.29, 0.717) is 5.92 Å². The summed E-state index contributed by atoms with van der Waals surface area (Å²) in [7, 11) is 1.52. The third-order valence-electron chi connectivity index (χ3n) is 2.41. The minimum atomic E-state index is 0.629. The Kier molecular flexibility index (Phi) is 2.08. The first-order valence-electron chi connectivity index (χ1n) is 4.47. The molecule has 1 aliphatic rings. The van der Waals surface area contributed by atoms with Crippen LogP contribution in [0.1, 0.15) is 30.8 Å². The molecule has 2 atom stereocenters. The Balaban J connectivity index is 2.05. The number of nitrogens with zero attached hydrogens (tertiary/aromatic N) is 1. The molecule has 2 rings (SSSR count). The van der Waals surface area contributed by atoms with Crippen LogP contribution in [-0.4, -0.2) is 13.3 Å². The fourth-order valence-corrected chi connectivity index (χ4v) is 1.46. The summed E-state index contributed by atoms with van der Waals surface area (Å²) in [5.41, 5.74) is 0. The maximum atomic E-state index is 5.55. The van der Waals surface area contributed by atoms with E-state index in [1.165, 1.54) is 13.5 Å². The van der Waals surface area contributed by atoms with Crippen molar-refractivity contribution in [3.63, 3.8) is 0 Å². The lowest BCUT2D eigenvalue weighted by atomic mass is 10.3. The molecule has 1 aromatic heterocycles. The van der Waals surface area contributed by atoms with Gasteiger partial charge in [0.1, 0.15) is 24.8 Å². The molecule has 1 aliphatic carbocycles. The zero-order valence-corrected chi connectivity index (χ0v) is 7.86. The summed E-state index contributed by atoms with van der Waals surface area (Å²) in [4.78, 5) is 4.56. The lowest BCUT2D eigenvalue weighted by Crippen LogP contribution is -1.77. The predicted molar refractivity (Wildman–Crippen MR) is 49.8 cm³/mol. The van der Waals surface area contributed by atoms with Crippen LogP contribution in [0.25, 0.3) is 0 Å². The van der Waals surface area contributed by atoms with Gasteiger partial charge in [-0.3, -0.25) is 0 Å². The third kappa shape index (κ3) is 1.74. The molecule has 0 bridgehead atoms. The lowest BCUT2D eigenvalue weighted by molar-refractivity contribution is 0.215. The van der Waals surface area contributed by atoms with Crippen LogP contribution >= 0.6 is 0 Å². The van der Waals surface area contributed by atoms with Gasteiger partial charge >= 0.3 is 0 Å². The van der Waals surface area contributed by atoms with Gasteiger partial charge in [0, 0.05) is 5.92 Å². The van der Waals surface area contributed by atoms with Gasteiger partial charge in [0.05, 0.1) is 0 Å². The molecule has 13 heavy (non-hydrogen) atoms. The summed E-state index contributed by atoms with van der Waals surface area (Å²) in [5.74, 6) is 3.24. The number of hydrogen-bond acceptors (Lipinski definition) is 3. The van der Waals surface area contributed by atoms with Gasteiger partial charge in [0.2, 0.25) is 0 Å². The van der Waals surface area contributed by atoms with Gasteiger partial charge in [-0.2, -0.15) is 0 Å². The SMILES string of the molecule is CO/N=C/c1ccc(C2CC2C)o1. The second-order valence-electron chi connectivity index (χ2n) is 3.48. The van der Waals surface area contributed by atoms with E-state index in [0.717, 1.165) is 17.4 Å². The first-order chi connectivity index (χ1) is 6.31. The minimum absolute atomic E-state index is 0.629. The van der Waals surface area contributed by atoms with Crippen molar-refractivity contribution in [2.75, 3.05) is 7.11 Å². The predicted octanol–water partition coefficient (Wildman–Crippen LogP) is 2.38. The molecule has 0 N–H and O–H groups in total. The molecule has 1 fully saturated rings. The van der Waals surface area contributed by atoms with E-state index < -0.39 is 0 Å². The lowest BCUT2D eigenvalue weighted by Gasteiger charge is -1.89. The Morgan fingerprint density at radius 2 is 2.38 bits per heavy atom. The van der Waals surface area contributed by atoms with Crippen molar-refractivity contribution in [2.45, 2.75) is 19.3 Å². The van der Waals surface area contributed by atoms with Crippen LogP contribution in [0.3, 0.4) is 0 Å². The molecule has 3 nitrogen and oxygen atoms in total. The summed E-state index contributed by atoms with van der Waals surface area (Å²) >= 11 is 0. The average Bonchev–Trinajstić information content (AvgIpc) is 2.67. The van der Waals surface area contributed by atoms with E-state index in [4.69, 9.17) is 4.42 Å². The van der Waals surface area contributed by atoms with E-state index in [-0.39, 0.29) is 0 Å². The molecule has 0 radical (unpaired) electrons. The first-order valence-corrected chi connectivity index (χ1v) is 4.47. The summed E-state index contributed by atoms with van der Waals surface area (Å²) in [5, 5.41) is 3.64. The second kappa shape index (κ2) is 3.24. The number of hydrogen-bond donors (Lipinski definition) is 0. The molecule has 1 heterocycles. The van der Waals surface area contributed by atoms with E-state index in [1.807, 2.05) is 12.1 Å². The van der Waals surface area contributed by atoms with Gasteiger partial charge in [-0.05, 0) is 24.5 Å². The van der Waals surface area contributed by atoms with Crippen molar-refractivity contribution in [3.8, 4) is 0 Å². The summed E-state index contributed by atoms with van der Waals surface area (Å²) in [6.45, 7) is 2.23. The molecule has 3 heteroatoms. The van der Waals surface area contributed by atoms with Crippen molar-refractivity contribution < 1.29 is 9.25 Å². The van der Waals surface area contributed by atoms with E-state index in [2.05, 4.69) is 16.9 Å². The highest BCUT2D eigenvalue weighted by molar-refractivity contribution is 5.75. The molecule has 1 aromatic rings. The van der Waals surface area contributed by atoms with Crippen LogP contribution in [0, 0.1) is 5.92 Å². The molecule has 0 amide bonds. The van der Waals surface area contributed by atoms with Gasteiger partial charge in [-0.25, -0.2) is 0 Å². The Morgan fingerprint density at radius 1 is 1.62 bits per heavy atom. The Hall–Kier alpha value is -1.25. The van der Waals surface area contributed by atoms with Gasteiger partial charge in [0.15, 0.2) is 0 Å². The van der Waals surface area contributed by atoms with Gasteiger partial charge in [0.25, 0.3) is 0 Å². The van der Waals surface area contributed by atoms with Crippen LogP contribution in [0.4, 0.5) is 0 Å². The summed E-state index contributed by atoms with van der Waals surface area (Å²) < 4.78 is 5.55. The zero-order chi connectivity index (χ0) is 9.26. The fourth-order valence-electron chi connectivity index (χ4n) is 1.46. The quantitative estimate of drug-likeness (QED) is 0.527. The third-order valence-corrected chi connectivity index (χ3v) is 2.41. The zero-order valence-electron chi connectivity index (χ0n) is 7.86. The van der Waals surface area contributed by atoms with Gasteiger partial charge in [-0.15, -0.1) is 0 Å². The first kappa shape index (κ1) is 8.35. The molecular formula is C10H13NO2. The smallest absolute Gasteiger partial charge is 0.148 e. The normalized spacial score (nSPS) is 26.6. The average molecular weight is 179 g/mol. The summed E-state index contributed by atoms with van der Waals surface area (Å²) in [6.07, 6.45) is 2.82. The molecule has 70 valence electrons. The van der Waals surface area contributed by atoms with Crippen molar-refractivity contribution in [3.05, 3.63) is 23.7 Å². The Morgan fingerprint density at radius 3 is 3.00 bits per heavy atom. The molecule has 1 saturated carbocycles. The largest absolute Gasteiger partial charge is 0.460 e. The highest BCUT2D eigenvalue weighted by atomic mass is 16.6. The van der Waals surface area contributed by atoms with E-state index in [9.17, 15) is 0 Å². The monoisotopic (exact) mass is 179 g/mol. The topological polar surface area (TPSA) is 34.7 Å². The van der Waals surface area contributed by atoms with E-state index >= 15 is 0 Å².